The van der Waals surface area contributed by atoms with Crippen molar-refractivity contribution >= 4 is 85.6 Å². The molecule has 43 heavy (non-hydrogen) atoms. The monoisotopic (exact) mass is 715 g/mol. The Hall–Kier alpha value is -3.63. The first-order valence-electron chi connectivity index (χ1n) is 12.5. The topological polar surface area (TPSA) is 145 Å². The maximum atomic E-state index is 12.5. The zero-order chi connectivity index (χ0) is 30.0. The molecule has 11 nitrogen and oxygen atoms in total. The lowest BCUT2D eigenvalue weighted by Crippen LogP contribution is -2.16. The molecular formula is C27H23BrClN9O2S3. The number of hydrazone groups is 1. The van der Waals surface area contributed by atoms with Crippen molar-refractivity contribution in [1.82, 2.24) is 25.1 Å². The summed E-state index contributed by atoms with van der Waals surface area (Å²) in [6.45, 7) is 0.409. The molecule has 5 rings (SSSR count). The van der Waals surface area contributed by atoms with Crippen molar-refractivity contribution < 1.29 is 9.53 Å². The minimum absolute atomic E-state index is 0.0446. The highest BCUT2D eigenvalue weighted by Gasteiger charge is 2.14. The number of halogens is 2. The standard InChI is InChI=1S/C27H23BrClN9O2S3/c28-20-9-5-6-17(12-20)14-40-22-11-4-2-7-18(22)13-31-33-24-34-36-26(38(24)30)41-16-23(39)32-25-35-37-27(43-25)42-15-19-8-1-3-10-21(19)29/h1-13H,14-16,30H2,(H,33,34)(H,32,35,39)/b31-13+. The van der Waals surface area contributed by atoms with Gasteiger partial charge in [-0.05, 0) is 41.5 Å². The molecule has 0 aliphatic rings. The zero-order valence-electron chi connectivity index (χ0n) is 22.2. The third-order valence-electron chi connectivity index (χ3n) is 5.53. The Labute approximate surface area is 272 Å². The molecule has 1 amide bonds. The summed E-state index contributed by atoms with van der Waals surface area (Å²) >= 11 is 13.6. The molecule has 3 aromatic carbocycles. The Morgan fingerprint density at radius 2 is 1.91 bits per heavy atom. The van der Waals surface area contributed by atoms with Crippen molar-refractivity contribution in [2.75, 3.05) is 22.3 Å². The smallest absolute Gasteiger partial charge is 0.264 e. The third kappa shape index (κ3) is 8.93. The number of para-hydroxylation sites is 1. The van der Waals surface area contributed by atoms with E-state index in [-0.39, 0.29) is 17.6 Å². The van der Waals surface area contributed by atoms with Gasteiger partial charge in [-0.3, -0.25) is 10.1 Å². The van der Waals surface area contributed by atoms with Crippen LogP contribution in [0.4, 0.5) is 11.1 Å². The first-order valence-corrected chi connectivity index (χ1v) is 16.5. The highest BCUT2D eigenvalue weighted by molar-refractivity contribution is 9.10. The van der Waals surface area contributed by atoms with Crippen LogP contribution in [0.3, 0.4) is 0 Å². The summed E-state index contributed by atoms with van der Waals surface area (Å²) in [6.07, 6.45) is 1.61. The van der Waals surface area contributed by atoms with Crippen molar-refractivity contribution in [3.63, 3.8) is 0 Å². The van der Waals surface area contributed by atoms with Crippen LogP contribution in [0.5, 0.6) is 5.75 Å². The first-order chi connectivity index (χ1) is 20.9. The van der Waals surface area contributed by atoms with E-state index in [0.29, 0.717) is 33.4 Å². The Balaban J connectivity index is 1.09. The molecule has 0 saturated carbocycles. The molecule has 0 spiro atoms. The fourth-order valence-corrected chi connectivity index (χ4v) is 6.63. The summed E-state index contributed by atoms with van der Waals surface area (Å²) in [7, 11) is 0. The number of aromatic nitrogens is 5. The second-order valence-electron chi connectivity index (χ2n) is 8.59. The molecule has 0 radical (unpaired) electrons. The van der Waals surface area contributed by atoms with Gasteiger partial charge in [-0.2, -0.15) is 5.10 Å². The van der Waals surface area contributed by atoms with Crippen LogP contribution in [-0.4, -0.2) is 42.9 Å². The Bertz CT molecular complexity index is 1730. The SMILES string of the molecule is Nn1c(N/N=C/c2ccccc2OCc2cccc(Br)c2)nnc1SCC(=O)Nc1nnc(SCc2ccccc2Cl)s1. The summed E-state index contributed by atoms with van der Waals surface area (Å²) in [5, 5.41) is 24.6. The van der Waals surface area contributed by atoms with Crippen molar-refractivity contribution in [3.8, 4) is 5.75 Å². The maximum absolute atomic E-state index is 12.5. The second-order valence-corrected chi connectivity index (χ2v) is 13.1. The van der Waals surface area contributed by atoms with E-state index in [0.717, 1.165) is 37.3 Å². The normalized spacial score (nSPS) is 11.1. The summed E-state index contributed by atoms with van der Waals surface area (Å²) in [5.41, 5.74) is 5.58. The van der Waals surface area contributed by atoms with Crippen molar-refractivity contribution in [2.24, 2.45) is 5.10 Å². The van der Waals surface area contributed by atoms with Gasteiger partial charge in [0.1, 0.15) is 12.4 Å². The minimum Gasteiger partial charge on any atom is -0.488 e. The number of hydrogen-bond donors (Lipinski definition) is 3. The molecule has 16 heteroatoms. The lowest BCUT2D eigenvalue weighted by atomic mass is 10.2. The van der Waals surface area contributed by atoms with Gasteiger partial charge in [-0.25, -0.2) is 10.1 Å². The number of benzene rings is 3. The Morgan fingerprint density at radius 1 is 1.07 bits per heavy atom. The van der Waals surface area contributed by atoms with Crippen LogP contribution in [0.25, 0.3) is 0 Å². The highest BCUT2D eigenvalue weighted by atomic mass is 79.9. The van der Waals surface area contributed by atoms with Gasteiger partial charge in [0.05, 0.1) is 12.0 Å². The number of nitrogen functional groups attached to an aromatic ring is 1. The molecule has 0 bridgehead atoms. The first kappa shape index (κ1) is 30.8. The van der Waals surface area contributed by atoms with Gasteiger partial charge >= 0.3 is 0 Å². The number of hydrogen-bond acceptors (Lipinski definition) is 12. The molecule has 0 aliphatic carbocycles. The number of carbonyl (C=O) groups excluding carboxylic acids is 1. The van der Waals surface area contributed by atoms with E-state index < -0.39 is 0 Å². The van der Waals surface area contributed by atoms with E-state index in [2.05, 4.69) is 52.2 Å². The van der Waals surface area contributed by atoms with E-state index >= 15 is 0 Å². The molecule has 0 aliphatic heterocycles. The van der Waals surface area contributed by atoms with Crippen LogP contribution in [0, 0.1) is 0 Å². The molecule has 4 N–H and O–H groups in total. The summed E-state index contributed by atoms with van der Waals surface area (Å²) in [5.74, 6) is 7.41. The van der Waals surface area contributed by atoms with E-state index in [9.17, 15) is 4.79 Å². The fourth-order valence-electron chi connectivity index (χ4n) is 3.48. The van der Waals surface area contributed by atoms with Gasteiger partial charge in [0.25, 0.3) is 5.95 Å². The third-order valence-corrected chi connectivity index (χ3v) is 9.36. The van der Waals surface area contributed by atoms with Crippen LogP contribution in [-0.2, 0) is 17.2 Å². The summed E-state index contributed by atoms with van der Waals surface area (Å²) < 4.78 is 8.92. The van der Waals surface area contributed by atoms with Crippen LogP contribution in [0.2, 0.25) is 5.02 Å². The van der Waals surface area contributed by atoms with Gasteiger partial charge in [-0.15, -0.1) is 20.4 Å². The fraction of sp³-hybridized carbons (Fsp3) is 0.111. The molecule has 0 unspecified atom stereocenters. The number of anilines is 2. The van der Waals surface area contributed by atoms with E-state index in [1.165, 1.54) is 27.8 Å². The second kappa shape index (κ2) is 15.2. The number of nitrogens with two attached hydrogens (primary N) is 1. The van der Waals surface area contributed by atoms with E-state index in [1.807, 2.05) is 72.8 Å². The van der Waals surface area contributed by atoms with Crippen molar-refractivity contribution in [2.45, 2.75) is 21.9 Å². The van der Waals surface area contributed by atoms with Gasteiger partial charge in [0.15, 0.2) is 4.34 Å². The molecular weight excluding hydrogens is 694 g/mol. The van der Waals surface area contributed by atoms with Crippen LogP contribution in [0.15, 0.2) is 91.9 Å². The minimum atomic E-state index is -0.279. The predicted molar refractivity (Wildman–Crippen MR) is 177 cm³/mol. The number of carbonyl (C=O) groups is 1. The van der Waals surface area contributed by atoms with Gasteiger partial charge in [0, 0.05) is 20.8 Å². The number of thioether (sulfide) groups is 2. The summed E-state index contributed by atoms with van der Waals surface area (Å²) in [4.78, 5) is 12.5. The Morgan fingerprint density at radius 3 is 2.77 bits per heavy atom. The average Bonchev–Trinajstić information content (AvgIpc) is 3.60. The largest absolute Gasteiger partial charge is 0.488 e. The number of ether oxygens (including phenoxy) is 1. The predicted octanol–water partition coefficient (Wildman–Crippen LogP) is 6.31. The van der Waals surface area contributed by atoms with E-state index in [4.69, 9.17) is 22.2 Å². The molecule has 0 saturated heterocycles. The molecule has 5 aromatic rings. The molecule has 220 valence electrons. The van der Waals surface area contributed by atoms with Gasteiger partial charge < -0.3 is 10.6 Å². The van der Waals surface area contributed by atoms with Crippen molar-refractivity contribution in [3.05, 3.63) is 99.0 Å². The summed E-state index contributed by atoms with van der Waals surface area (Å²) in [6, 6.07) is 23.1. The number of rotatable bonds is 13. The lowest BCUT2D eigenvalue weighted by Gasteiger charge is -2.09. The van der Waals surface area contributed by atoms with Crippen LogP contribution < -0.4 is 21.3 Å². The average molecular weight is 717 g/mol. The highest BCUT2D eigenvalue weighted by Crippen LogP contribution is 2.30. The molecule has 0 atom stereocenters. The van der Waals surface area contributed by atoms with Gasteiger partial charge in [-0.1, -0.05) is 105 Å². The Kier molecular flexibility index (Phi) is 10.9. The zero-order valence-corrected chi connectivity index (χ0v) is 27.0. The molecule has 0 fully saturated rings. The van der Waals surface area contributed by atoms with E-state index in [1.54, 1.807) is 6.21 Å². The van der Waals surface area contributed by atoms with Crippen molar-refractivity contribution in [1.29, 1.82) is 0 Å². The van der Waals surface area contributed by atoms with Crippen LogP contribution >= 0.6 is 62.4 Å². The molecule has 2 heterocycles. The maximum Gasteiger partial charge on any atom is 0.264 e. The van der Waals surface area contributed by atoms with Crippen LogP contribution in [0.1, 0.15) is 16.7 Å². The lowest BCUT2D eigenvalue weighted by molar-refractivity contribution is -0.113. The quantitative estimate of drug-likeness (QED) is 0.0417. The number of amides is 1. The number of nitrogens with zero attached hydrogens (tertiary/aromatic N) is 6. The number of nitrogens with one attached hydrogen (secondary N) is 2. The van der Waals surface area contributed by atoms with Gasteiger partial charge in [0.2, 0.25) is 16.2 Å². The molecule has 2 aromatic heterocycles.